The normalized spacial score (nSPS) is 9.82. The largest absolute Gasteiger partial charge is 0.346 e. The first-order valence-electron chi connectivity index (χ1n) is 5.23. The lowest BCUT2D eigenvalue weighted by atomic mass is 10.2. The fraction of sp³-hybridized carbons (Fsp3) is 0.364. The summed E-state index contributed by atoms with van der Waals surface area (Å²) in [6.07, 6.45) is 1.68. The summed E-state index contributed by atoms with van der Waals surface area (Å²) in [4.78, 5) is 26.5. The molecule has 0 spiro atoms. The molecule has 4 N–H and O–H groups in total. The summed E-state index contributed by atoms with van der Waals surface area (Å²) >= 11 is 0. The molecule has 0 aromatic carbocycles. The predicted octanol–water partition coefficient (Wildman–Crippen LogP) is -0.288. The number of nitrogens with one attached hydrogen (secondary N) is 2. The van der Waals surface area contributed by atoms with E-state index in [1.807, 2.05) is 6.92 Å². The van der Waals surface area contributed by atoms with E-state index < -0.39 is 0 Å². The number of aryl methyl sites for hydroxylation is 2. The Balaban J connectivity index is 2.59. The Morgan fingerprint density at radius 2 is 2.06 bits per heavy atom. The lowest BCUT2D eigenvalue weighted by Gasteiger charge is -2.10. The van der Waals surface area contributed by atoms with Crippen molar-refractivity contribution in [1.82, 2.24) is 10.3 Å². The molecule has 92 valence electrons. The number of carbonyl (C=O) groups is 2. The third kappa shape index (κ3) is 3.84. The average molecular weight is 236 g/mol. The van der Waals surface area contributed by atoms with E-state index in [9.17, 15) is 9.59 Å². The zero-order chi connectivity index (χ0) is 12.8. The van der Waals surface area contributed by atoms with Crippen LogP contribution in [0.2, 0.25) is 0 Å². The number of aromatic nitrogens is 1. The molecule has 2 amide bonds. The molecule has 1 rings (SSSR count). The van der Waals surface area contributed by atoms with Gasteiger partial charge in [-0.25, -0.2) is 0 Å². The highest BCUT2D eigenvalue weighted by Crippen LogP contribution is 2.16. The molecule has 17 heavy (non-hydrogen) atoms. The number of hydrogen-bond acceptors (Lipinski definition) is 4. The molecular weight excluding hydrogens is 220 g/mol. The van der Waals surface area contributed by atoms with Gasteiger partial charge in [0.25, 0.3) is 0 Å². The minimum atomic E-state index is -0.361. The molecule has 1 heterocycles. The van der Waals surface area contributed by atoms with Crippen LogP contribution < -0.4 is 16.4 Å². The van der Waals surface area contributed by atoms with Crippen LogP contribution in [0.5, 0.6) is 0 Å². The Morgan fingerprint density at radius 1 is 1.35 bits per heavy atom. The van der Waals surface area contributed by atoms with E-state index in [-0.39, 0.29) is 24.9 Å². The zero-order valence-electron chi connectivity index (χ0n) is 9.91. The minimum Gasteiger partial charge on any atom is -0.346 e. The number of amides is 2. The van der Waals surface area contributed by atoms with E-state index in [1.54, 1.807) is 19.2 Å². The van der Waals surface area contributed by atoms with Crippen LogP contribution >= 0.6 is 0 Å². The quantitative estimate of drug-likeness (QED) is 0.669. The van der Waals surface area contributed by atoms with Gasteiger partial charge in [-0.3, -0.25) is 14.6 Å². The summed E-state index contributed by atoms with van der Waals surface area (Å²) in [7, 11) is 0. The van der Waals surface area contributed by atoms with Crippen LogP contribution in [0.25, 0.3) is 0 Å². The molecule has 0 fully saturated rings. The van der Waals surface area contributed by atoms with Gasteiger partial charge in [0.1, 0.15) is 0 Å². The second-order valence-corrected chi connectivity index (χ2v) is 3.62. The van der Waals surface area contributed by atoms with Gasteiger partial charge in [0, 0.05) is 6.20 Å². The topological polar surface area (TPSA) is 97.1 Å². The fourth-order valence-corrected chi connectivity index (χ4v) is 1.32. The summed E-state index contributed by atoms with van der Waals surface area (Å²) in [5.41, 5.74) is 7.45. The summed E-state index contributed by atoms with van der Waals surface area (Å²) in [6.45, 7) is 3.46. The number of nitrogens with zero attached hydrogens (tertiary/aromatic N) is 1. The fourth-order valence-electron chi connectivity index (χ4n) is 1.32. The van der Waals surface area contributed by atoms with Gasteiger partial charge in [0.2, 0.25) is 11.8 Å². The molecule has 0 aliphatic carbocycles. The van der Waals surface area contributed by atoms with Gasteiger partial charge in [-0.2, -0.15) is 0 Å². The van der Waals surface area contributed by atoms with Crippen LogP contribution in [0.1, 0.15) is 11.3 Å². The molecule has 0 saturated heterocycles. The number of carbonyl (C=O) groups excluding carboxylic acids is 2. The van der Waals surface area contributed by atoms with E-state index in [1.165, 1.54) is 0 Å². The number of rotatable bonds is 4. The van der Waals surface area contributed by atoms with Gasteiger partial charge < -0.3 is 16.4 Å². The van der Waals surface area contributed by atoms with Crippen molar-refractivity contribution in [3.63, 3.8) is 0 Å². The van der Waals surface area contributed by atoms with Crippen molar-refractivity contribution < 1.29 is 9.59 Å². The smallest absolute Gasteiger partial charge is 0.243 e. The first-order valence-corrected chi connectivity index (χ1v) is 5.23. The van der Waals surface area contributed by atoms with E-state index in [4.69, 9.17) is 5.73 Å². The maximum Gasteiger partial charge on any atom is 0.243 e. The molecule has 6 nitrogen and oxygen atoms in total. The van der Waals surface area contributed by atoms with Crippen molar-refractivity contribution in [2.75, 3.05) is 18.4 Å². The molecule has 0 atom stereocenters. The Hall–Kier alpha value is -1.95. The molecule has 0 bridgehead atoms. The summed E-state index contributed by atoms with van der Waals surface area (Å²) in [5, 5.41) is 5.10. The molecule has 0 radical (unpaired) electrons. The maximum absolute atomic E-state index is 11.5. The standard InChI is InChI=1S/C11H16N4O2/c1-7-3-4-13-8(2)11(7)15-10(17)6-14-9(16)5-12/h3-4H,5-6,12H2,1-2H3,(H,14,16)(H,15,17). The van der Waals surface area contributed by atoms with Crippen molar-refractivity contribution in [3.8, 4) is 0 Å². The van der Waals surface area contributed by atoms with Gasteiger partial charge in [0.05, 0.1) is 24.5 Å². The molecular formula is C11H16N4O2. The van der Waals surface area contributed by atoms with E-state index in [0.29, 0.717) is 5.69 Å². The van der Waals surface area contributed by atoms with Gasteiger partial charge in [-0.05, 0) is 25.5 Å². The molecule has 1 aromatic heterocycles. The van der Waals surface area contributed by atoms with Gasteiger partial charge in [-0.1, -0.05) is 0 Å². The number of hydrogen-bond donors (Lipinski definition) is 3. The lowest BCUT2D eigenvalue weighted by molar-refractivity contribution is -0.123. The van der Waals surface area contributed by atoms with E-state index in [2.05, 4.69) is 15.6 Å². The van der Waals surface area contributed by atoms with Crippen molar-refractivity contribution in [2.45, 2.75) is 13.8 Å². The first kappa shape index (κ1) is 13.1. The molecule has 0 aliphatic heterocycles. The second-order valence-electron chi connectivity index (χ2n) is 3.62. The maximum atomic E-state index is 11.5. The highest BCUT2D eigenvalue weighted by molar-refractivity contribution is 5.95. The first-order chi connectivity index (χ1) is 8.04. The molecule has 0 saturated carbocycles. The molecule has 0 aliphatic rings. The molecule has 6 heteroatoms. The highest BCUT2D eigenvalue weighted by atomic mass is 16.2. The minimum absolute atomic E-state index is 0.0934. The average Bonchev–Trinajstić information content (AvgIpc) is 2.31. The lowest BCUT2D eigenvalue weighted by Crippen LogP contribution is -2.36. The van der Waals surface area contributed by atoms with Crippen molar-refractivity contribution in [1.29, 1.82) is 0 Å². The van der Waals surface area contributed by atoms with Crippen LogP contribution in [-0.4, -0.2) is 29.9 Å². The van der Waals surface area contributed by atoms with Gasteiger partial charge in [-0.15, -0.1) is 0 Å². The Morgan fingerprint density at radius 3 is 2.65 bits per heavy atom. The summed E-state index contributed by atoms with van der Waals surface area (Å²) in [5.74, 6) is -0.661. The Bertz CT molecular complexity index is 411. The third-order valence-electron chi connectivity index (χ3n) is 2.24. The van der Waals surface area contributed by atoms with Crippen LogP contribution in [0.4, 0.5) is 5.69 Å². The molecule has 1 aromatic rings. The zero-order valence-corrected chi connectivity index (χ0v) is 9.91. The highest BCUT2D eigenvalue weighted by Gasteiger charge is 2.08. The second kappa shape index (κ2) is 5.95. The van der Waals surface area contributed by atoms with Gasteiger partial charge in [0.15, 0.2) is 0 Å². The number of pyridine rings is 1. The van der Waals surface area contributed by atoms with Gasteiger partial charge >= 0.3 is 0 Å². The summed E-state index contributed by atoms with van der Waals surface area (Å²) < 4.78 is 0. The van der Waals surface area contributed by atoms with Crippen molar-refractivity contribution in [2.24, 2.45) is 5.73 Å². The van der Waals surface area contributed by atoms with E-state index in [0.717, 1.165) is 11.3 Å². The number of nitrogens with two attached hydrogens (primary N) is 1. The van der Waals surface area contributed by atoms with Crippen LogP contribution in [0.3, 0.4) is 0 Å². The Kier molecular flexibility index (Phi) is 4.59. The molecule has 0 unspecified atom stereocenters. The SMILES string of the molecule is Cc1ccnc(C)c1NC(=O)CNC(=O)CN. The van der Waals surface area contributed by atoms with Crippen LogP contribution in [0.15, 0.2) is 12.3 Å². The monoisotopic (exact) mass is 236 g/mol. The Labute approximate surface area is 99.6 Å². The predicted molar refractivity (Wildman–Crippen MR) is 64.4 cm³/mol. The van der Waals surface area contributed by atoms with Crippen LogP contribution in [0, 0.1) is 13.8 Å². The van der Waals surface area contributed by atoms with Crippen LogP contribution in [-0.2, 0) is 9.59 Å². The summed E-state index contributed by atoms with van der Waals surface area (Å²) in [6, 6.07) is 1.81. The third-order valence-corrected chi connectivity index (χ3v) is 2.24. The van der Waals surface area contributed by atoms with Crippen molar-refractivity contribution >= 4 is 17.5 Å². The van der Waals surface area contributed by atoms with Crippen molar-refractivity contribution in [3.05, 3.63) is 23.5 Å². The number of anilines is 1. The van der Waals surface area contributed by atoms with E-state index >= 15 is 0 Å².